The van der Waals surface area contributed by atoms with Crippen LogP contribution in [-0.2, 0) is 0 Å². The number of thioether (sulfide) groups is 1. The Morgan fingerprint density at radius 2 is 1.92 bits per heavy atom. The van der Waals surface area contributed by atoms with Crippen LogP contribution in [0.5, 0.6) is 0 Å². The molecule has 1 aliphatic heterocycles. The Morgan fingerprint density at radius 1 is 1.31 bits per heavy atom. The zero-order valence-corrected chi connectivity index (χ0v) is 9.53. The molecule has 70 valence electrons. The Hall–Kier alpha value is -0.540. The van der Waals surface area contributed by atoms with E-state index in [0.717, 1.165) is 10.7 Å². The number of para-hydroxylation sites is 1. The summed E-state index contributed by atoms with van der Waals surface area (Å²) in [5, 5.41) is 0.967. The maximum absolute atomic E-state index is 4.28. The fraction of sp³-hybridized carbons (Fsp3) is 0.200. The van der Waals surface area contributed by atoms with Crippen LogP contribution in [0.15, 0.2) is 40.8 Å². The van der Waals surface area contributed by atoms with Gasteiger partial charge in [-0.05, 0) is 12.1 Å². The third-order valence-electron chi connectivity index (χ3n) is 1.56. The van der Waals surface area contributed by atoms with Crippen molar-refractivity contribution in [1.82, 2.24) is 0 Å². The van der Waals surface area contributed by atoms with Gasteiger partial charge in [-0.3, -0.25) is 4.31 Å². The van der Waals surface area contributed by atoms with E-state index in [9.17, 15) is 0 Å². The van der Waals surface area contributed by atoms with E-state index < -0.39 is 0 Å². The zero-order valence-electron chi connectivity index (χ0n) is 7.82. The molecule has 0 aliphatic carbocycles. The highest BCUT2D eigenvalue weighted by molar-refractivity contribution is 8.05. The van der Waals surface area contributed by atoms with Gasteiger partial charge in [-0.1, -0.05) is 57.1 Å². The second-order valence-electron chi connectivity index (χ2n) is 2.28. The van der Waals surface area contributed by atoms with Crippen LogP contribution in [0.4, 0.5) is 5.69 Å². The molecular formula is C10H13NS2. The van der Waals surface area contributed by atoms with Crippen molar-refractivity contribution in [1.29, 1.82) is 0 Å². The molecule has 1 aromatic rings. The molecule has 1 nitrogen and oxygen atoms in total. The van der Waals surface area contributed by atoms with Gasteiger partial charge in [0.05, 0.1) is 10.7 Å². The first-order chi connectivity index (χ1) is 6.29. The van der Waals surface area contributed by atoms with E-state index in [2.05, 4.69) is 25.5 Å². The fourth-order valence-electron chi connectivity index (χ4n) is 1.02. The average molecular weight is 211 g/mol. The average Bonchev–Trinajstić information content (AvgIpc) is 2.47. The number of thiol groups is 1. The molecule has 0 radical (unpaired) electrons. The van der Waals surface area contributed by atoms with Gasteiger partial charge >= 0.3 is 0 Å². The number of rotatable bonds is 0. The SMILES string of the molecule is C=C1Sc2ccccc2N1S.CC. The van der Waals surface area contributed by atoms with Crippen LogP contribution in [-0.4, -0.2) is 0 Å². The summed E-state index contributed by atoms with van der Waals surface area (Å²) < 4.78 is 1.81. The standard InChI is InChI=1S/C8H7NS2.C2H6/c1-6-9(10)7-4-2-3-5-8(7)11-6;1-2/h2-5,10H,1H2;1-2H3. The normalized spacial score (nSPS) is 13.5. The van der Waals surface area contributed by atoms with Gasteiger partial charge in [-0.25, -0.2) is 0 Å². The van der Waals surface area contributed by atoms with Crippen LogP contribution in [0, 0.1) is 0 Å². The van der Waals surface area contributed by atoms with Crippen LogP contribution in [0.2, 0.25) is 0 Å². The molecule has 13 heavy (non-hydrogen) atoms. The summed E-state index contributed by atoms with van der Waals surface area (Å²) in [7, 11) is 0. The van der Waals surface area contributed by atoms with Crippen molar-refractivity contribution in [3.8, 4) is 0 Å². The molecule has 0 saturated carbocycles. The third kappa shape index (κ3) is 2.03. The second-order valence-corrected chi connectivity index (χ2v) is 3.79. The highest BCUT2D eigenvalue weighted by atomic mass is 32.2. The Kier molecular flexibility index (Phi) is 3.75. The molecule has 0 amide bonds. The third-order valence-corrected chi connectivity index (χ3v) is 3.13. The van der Waals surface area contributed by atoms with Gasteiger partial charge in [-0.15, -0.1) is 0 Å². The molecule has 2 rings (SSSR count). The van der Waals surface area contributed by atoms with E-state index in [1.54, 1.807) is 16.1 Å². The van der Waals surface area contributed by atoms with E-state index in [1.165, 1.54) is 4.90 Å². The zero-order chi connectivity index (χ0) is 9.84. The molecule has 0 bridgehead atoms. The highest BCUT2D eigenvalue weighted by Crippen LogP contribution is 2.45. The molecule has 0 N–H and O–H groups in total. The summed E-state index contributed by atoms with van der Waals surface area (Å²) in [5.74, 6) is 0. The Bertz CT molecular complexity index is 310. The summed E-state index contributed by atoms with van der Waals surface area (Å²) >= 11 is 5.93. The number of hydrogen-bond acceptors (Lipinski definition) is 3. The Labute approximate surface area is 89.4 Å². The first-order valence-electron chi connectivity index (χ1n) is 4.24. The second kappa shape index (κ2) is 4.63. The summed E-state index contributed by atoms with van der Waals surface area (Å²) in [5.41, 5.74) is 1.13. The van der Waals surface area contributed by atoms with E-state index in [4.69, 9.17) is 0 Å². The van der Waals surface area contributed by atoms with Crippen molar-refractivity contribution < 1.29 is 0 Å². The lowest BCUT2D eigenvalue weighted by Gasteiger charge is -2.08. The monoisotopic (exact) mass is 211 g/mol. The molecule has 0 spiro atoms. The summed E-state index contributed by atoms with van der Waals surface area (Å²) in [4.78, 5) is 1.23. The minimum atomic E-state index is 0.967. The van der Waals surface area contributed by atoms with Crippen molar-refractivity contribution in [2.45, 2.75) is 18.7 Å². The van der Waals surface area contributed by atoms with Gasteiger partial charge in [0.1, 0.15) is 0 Å². The van der Waals surface area contributed by atoms with E-state index >= 15 is 0 Å². The predicted molar refractivity (Wildman–Crippen MR) is 64.3 cm³/mol. The minimum absolute atomic E-state index is 0.967. The molecule has 1 aliphatic rings. The molecule has 0 unspecified atom stereocenters. The highest BCUT2D eigenvalue weighted by Gasteiger charge is 2.19. The van der Waals surface area contributed by atoms with Crippen molar-refractivity contribution >= 4 is 30.3 Å². The fourth-order valence-corrected chi connectivity index (χ4v) is 2.24. The summed E-state index contributed by atoms with van der Waals surface area (Å²) in [6.45, 7) is 7.86. The quantitative estimate of drug-likeness (QED) is 0.647. The summed E-state index contributed by atoms with van der Waals surface area (Å²) in [6, 6.07) is 8.13. The molecule has 1 heterocycles. The van der Waals surface area contributed by atoms with Crippen molar-refractivity contribution in [3.63, 3.8) is 0 Å². The van der Waals surface area contributed by atoms with Crippen LogP contribution in [0.3, 0.4) is 0 Å². The maximum Gasteiger partial charge on any atom is 0.0833 e. The number of hydrogen-bond donors (Lipinski definition) is 1. The lowest BCUT2D eigenvalue weighted by Crippen LogP contribution is -1.99. The van der Waals surface area contributed by atoms with E-state index in [-0.39, 0.29) is 0 Å². The minimum Gasteiger partial charge on any atom is -0.280 e. The molecule has 3 heteroatoms. The largest absolute Gasteiger partial charge is 0.280 e. The maximum atomic E-state index is 4.28. The topological polar surface area (TPSA) is 3.24 Å². The number of anilines is 1. The van der Waals surface area contributed by atoms with E-state index in [0.29, 0.717) is 0 Å². The Balaban J connectivity index is 0.000000396. The molecule has 0 saturated heterocycles. The van der Waals surface area contributed by atoms with Crippen molar-refractivity contribution in [2.75, 3.05) is 4.31 Å². The van der Waals surface area contributed by atoms with Gasteiger partial charge in [0.25, 0.3) is 0 Å². The molecule has 1 aromatic carbocycles. The molecule has 0 aromatic heterocycles. The Morgan fingerprint density at radius 3 is 2.54 bits per heavy atom. The van der Waals surface area contributed by atoms with Gasteiger partial charge in [-0.2, -0.15) is 0 Å². The smallest absolute Gasteiger partial charge is 0.0833 e. The van der Waals surface area contributed by atoms with Gasteiger partial charge in [0.2, 0.25) is 0 Å². The molecular weight excluding hydrogens is 198 g/mol. The van der Waals surface area contributed by atoms with Crippen LogP contribution < -0.4 is 4.31 Å². The lowest BCUT2D eigenvalue weighted by atomic mass is 10.3. The first-order valence-corrected chi connectivity index (χ1v) is 5.45. The van der Waals surface area contributed by atoms with Crippen LogP contribution in [0.1, 0.15) is 13.8 Å². The first kappa shape index (κ1) is 10.5. The van der Waals surface area contributed by atoms with Gasteiger partial charge in [0, 0.05) is 4.90 Å². The van der Waals surface area contributed by atoms with Gasteiger partial charge in [0.15, 0.2) is 0 Å². The predicted octanol–water partition coefficient (Wildman–Crippen LogP) is 3.94. The molecule has 0 atom stereocenters. The number of nitrogens with zero attached hydrogens (tertiary/aromatic N) is 1. The number of fused-ring (bicyclic) bond motifs is 1. The van der Waals surface area contributed by atoms with Crippen LogP contribution in [0.25, 0.3) is 0 Å². The number of benzene rings is 1. The van der Waals surface area contributed by atoms with Gasteiger partial charge < -0.3 is 0 Å². The van der Waals surface area contributed by atoms with Crippen molar-refractivity contribution in [2.24, 2.45) is 0 Å². The van der Waals surface area contributed by atoms with Crippen LogP contribution >= 0.6 is 24.6 Å². The lowest BCUT2D eigenvalue weighted by molar-refractivity contribution is 1.39. The van der Waals surface area contributed by atoms with Crippen molar-refractivity contribution in [3.05, 3.63) is 35.9 Å². The summed E-state index contributed by atoms with van der Waals surface area (Å²) in [6.07, 6.45) is 0. The molecule has 0 fully saturated rings. The van der Waals surface area contributed by atoms with E-state index in [1.807, 2.05) is 32.0 Å².